The minimum Gasteiger partial charge on any atom is -0.324 e. The second-order valence-corrected chi connectivity index (χ2v) is 6.40. The van der Waals surface area contributed by atoms with Gasteiger partial charge in [0.1, 0.15) is 5.82 Å². The molecule has 0 atom stereocenters. The number of aromatic nitrogens is 4. The number of aryl methyl sites for hydroxylation is 2. The third kappa shape index (κ3) is 3.10. The quantitative estimate of drug-likeness (QED) is 0.421. The molecule has 0 amide bonds. The van der Waals surface area contributed by atoms with Gasteiger partial charge in [-0.1, -0.05) is 12.1 Å². The van der Waals surface area contributed by atoms with Gasteiger partial charge >= 0.3 is 11.4 Å². The van der Waals surface area contributed by atoms with Crippen LogP contribution in [-0.4, -0.2) is 24.0 Å². The van der Waals surface area contributed by atoms with Crippen LogP contribution in [0.5, 0.6) is 0 Å². The normalized spacial score (nSPS) is 11.0. The van der Waals surface area contributed by atoms with Crippen LogP contribution in [0.4, 0.5) is 21.7 Å². The first-order valence-electron chi connectivity index (χ1n) is 8.58. The summed E-state index contributed by atoms with van der Waals surface area (Å²) in [5, 5.41) is 13.9. The molecule has 29 heavy (non-hydrogen) atoms. The summed E-state index contributed by atoms with van der Waals surface area (Å²) in [6.07, 6.45) is 1.46. The van der Waals surface area contributed by atoms with Gasteiger partial charge in [0.15, 0.2) is 0 Å². The number of halogens is 1. The van der Waals surface area contributed by atoms with E-state index in [1.165, 1.54) is 15.3 Å². The van der Waals surface area contributed by atoms with Crippen LogP contribution in [0.2, 0.25) is 0 Å². The van der Waals surface area contributed by atoms with E-state index in [1.54, 1.807) is 26.1 Å². The molecule has 4 rings (SSSR count). The molecule has 10 heteroatoms. The summed E-state index contributed by atoms with van der Waals surface area (Å²) in [5.41, 5.74) is 1.24. The number of nitro groups is 1. The third-order valence-electron chi connectivity index (χ3n) is 4.57. The molecule has 4 aromatic rings. The first-order chi connectivity index (χ1) is 13.9. The summed E-state index contributed by atoms with van der Waals surface area (Å²) in [6, 6.07) is 11.0. The van der Waals surface area contributed by atoms with Gasteiger partial charge in [0, 0.05) is 25.4 Å². The smallest absolute Gasteiger partial charge is 0.324 e. The van der Waals surface area contributed by atoms with E-state index in [1.807, 2.05) is 18.2 Å². The molecule has 0 spiro atoms. The molecule has 0 aliphatic heterocycles. The SMILES string of the molecule is Cc1cc(F)c([N+](=O)[O-])cc1Nc1nccc(-n2c(=O)n(C)c3ccccc32)n1. The molecule has 2 aromatic carbocycles. The fraction of sp³-hybridized carbons (Fsp3) is 0.105. The summed E-state index contributed by atoms with van der Waals surface area (Å²) >= 11 is 0. The summed E-state index contributed by atoms with van der Waals surface area (Å²) < 4.78 is 16.7. The standard InChI is InChI=1S/C19H15FN6O3/c1-11-9-12(20)16(26(28)29)10-13(11)22-18-21-8-7-17(23-18)25-15-6-4-3-5-14(15)24(2)19(25)27/h3-10H,1-2H3,(H,21,22,23). The number of rotatable bonds is 4. The maximum atomic E-state index is 13.8. The highest BCUT2D eigenvalue weighted by molar-refractivity contribution is 5.77. The molecule has 2 aromatic heterocycles. The minimum absolute atomic E-state index is 0.117. The van der Waals surface area contributed by atoms with E-state index in [2.05, 4.69) is 15.3 Å². The fourth-order valence-corrected chi connectivity index (χ4v) is 3.10. The van der Waals surface area contributed by atoms with Crippen LogP contribution in [0.25, 0.3) is 16.9 Å². The van der Waals surface area contributed by atoms with Crippen LogP contribution in [0.15, 0.2) is 53.5 Å². The van der Waals surface area contributed by atoms with Crippen LogP contribution < -0.4 is 11.0 Å². The number of anilines is 2. The molecule has 0 aliphatic carbocycles. The molecular formula is C19H15FN6O3. The molecule has 1 N–H and O–H groups in total. The summed E-state index contributed by atoms with van der Waals surface area (Å²) in [5.74, 6) is -0.472. The lowest BCUT2D eigenvalue weighted by Crippen LogP contribution is -2.21. The molecule has 0 saturated carbocycles. The summed E-state index contributed by atoms with van der Waals surface area (Å²) in [6.45, 7) is 1.61. The Labute approximate surface area is 163 Å². The molecule has 0 radical (unpaired) electrons. The average Bonchev–Trinajstić information content (AvgIpc) is 2.95. The second kappa shape index (κ2) is 6.82. The van der Waals surface area contributed by atoms with Gasteiger partial charge < -0.3 is 5.32 Å². The lowest BCUT2D eigenvalue weighted by molar-refractivity contribution is -0.387. The molecule has 146 valence electrons. The van der Waals surface area contributed by atoms with Crippen molar-refractivity contribution in [2.45, 2.75) is 6.92 Å². The summed E-state index contributed by atoms with van der Waals surface area (Å²) in [4.78, 5) is 31.4. The first kappa shape index (κ1) is 18.3. The molecule has 0 aliphatic rings. The predicted octanol–water partition coefficient (Wildman–Crippen LogP) is 3.22. The maximum Gasteiger partial charge on any atom is 0.334 e. The van der Waals surface area contributed by atoms with Crippen LogP contribution >= 0.6 is 0 Å². The number of hydrogen-bond donors (Lipinski definition) is 1. The molecule has 0 unspecified atom stereocenters. The van der Waals surface area contributed by atoms with E-state index in [0.29, 0.717) is 22.6 Å². The van der Waals surface area contributed by atoms with Crippen molar-refractivity contribution in [3.05, 3.63) is 80.6 Å². The number of nitrogens with one attached hydrogen (secondary N) is 1. The Morgan fingerprint density at radius 2 is 1.90 bits per heavy atom. The van der Waals surface area contributed by atoms with Crippen LogP contribution in [0, 0.1) is 22.9 Å². The number of nitrogens with zero attached hydrogens (tertiary/aromatic N) is 5. The van der Waals surface area contributed by atoms with Gasteiger partial charge in [-0.05, 0) is 30.7 Å². The van der Waals surface area contributed by atoms with Crippen molar-refractivity contribution in [3.8, 4) is 5.82 Å². The van der Waals surface area contributed by atoms with E-state index >= 15 is 0 Å². The van der Waals surface area contributed by atoms with E-state index in [9.17, 15) is 19.3 Å². The van der Waals surface area contributed by atoms with Gasteiger partial charge in [0.2, 0.25) is 11.8 Å². The molecule has 2 heterocycles. The Balaban J connectivity index is 1.79. The number of benzene rings is 2. The highest BCUT2D eigenvalue weighted by Crippen LogP contribution is 2.27. The lowest BCUT2D eigenvalue weighted by Gasteiger charge is -2.10. The van der Waals surface area contributed by atoms with Gasteiger partial charge in [-0.2, -0.15) is 9.37 Å². The molecular weight excluding hydrogens is 379 g/mol. The van der Waals surface area contributed by atoms with Gasteiger partial charge in [0.05, 0.1) is 21.6 Å². The van der Waals surface area contributed by atoms with Crippen LogP contribution in [0.1, 0.15) is 5.56 Å². The van der Waals surface area contributed by atoms with E-state index in [0.717, 1.165) is 17.6 Å². The Hall–Kier alpha value is -4.08. The largest absolute Gasteiger partial charge is 0.334 e. The third-order valence-corrected chi connectivity index (χ3v) is 4.57. The summed E-state index contributed by atoms with van der Waals surface area (Å²) in [7, 11) is 1.67. The number of fused-ring (bicyclic) bond motifs is 1. The van der Waals surface area contributed by atoms with Crippen molar-refractivity contribution in [1.82, 2.24) is 19.1 Å². The monoisotopic (exact) mass is 394 g/mol. The van der Waals surface area contributed by atoms with Crippen molar-refractivity contribution in [1.29, 1.82) is 0 Å². The topological polar surface area (TPSA) is 108 Å². The predicted molar refractivity (Wildman–Crippen MR) is 105 cm³/mol. The van der Waals surface area contributed by atoms with Crippen LogP contribution in [-0.2, 0) is 7.05 Å². The Morgan fingerprint density at radius 3 is 2.62 bits per heavy atom. The van der Waals surface area contributed by atoms with Gasteiger partial charge in [-0.15, -0.1) is 0 Å². The first-order valence-corrected chi connectivity index (χ1v) is 8.58. The molecule has 0 saturated heterocycles. The zero-order chi connectivity index (χ0) is 20.7. The average molecular weight is 394 g/mol. The highest BCUT2D eigenvalue weighted by Gasteiger charge is 2.18. The van der Waals surface area contributed by atoms with Crippen molar-refractivity contribution >= 4 is 28.4 Å². The second-order valence-electron chi connectivity index (χ2n) is 6.40. The molecule has 0 bridgehead atoms. The lowest BCUT2D eigenvalue weighted by atomic mass is 10.1. The van der Waals surface area contributed by atoms with Crippen molar-refractivity contribution in [2.24, 2.45) is 7.05 Å². The minimum atomic E-state index is -0.921. The Bertz CT molecular complexity index is 1330. The van der Waals surface area contributed by atoms with E-state index in [-0.39, 0.29) is 11.6 Å². The molecule has 9 nitrogen and oxygen atoms in total. The van der Waals surface area contributed by atoms with Crippen molar-refractivity contribution < 1.29 is 9.31 Å². The molecule has 0 fully saturated rings. The number of hydrogen-bond acceptors (Lipinski definition) is 6. The van der Waals surface area contributed by atoms with Crippen LogP contribution in [0.3, 0.4) is 0 Å². The Morgan fingerprint density at radius 1 is 1.17 bits per heavy atom. The van der Waals surface area contributed by atoms with Gasteiger partial charge in [-0.25, -0.2) is 14.3 Å². The highest BCUT2D eigenvalue weighted by atomic mass is 19.1. The van der Waals surface area contributed by atoms with E-state index < -0.39 is 16.4 Å². The fourth-order valence-electron chi connectivity index (χ4n) is 3.10. The van der Waals surface area contributed by atoms with Gasteiger partial charge in [-0.3, -0.25) is 14.7 Å². The number of nitro benzene ring substituents is 1. The maximum absolute atomic E-state index is 13.8. The Kier molecular flexibility index (Phi) is 4.30. The zero-order valence-corrected chi connectivity index (χ0v) is 15.5. The number of imidazole rings is 1. The van der Waals surface area contributed by atoms with E-state index in [4.69, 9.17) is 0 Å². The van der Waals surface area contributed by atoms with Crippen molar-refractivity contribution in [2.75, 3.05) is 5.32 Å². The van der Waals surface area contributed by atoms with Gasteiger partial charge in [0.25, 0.3) is 0 Å². The van der Waals surface area contributed by atoms with Crippen molar-refractivity contribution in [3.63, 3.8) is 0 Å². The number of para-hydroxylation sites is 2. The zero-order valence-electron chi connectivity index (χ0n) is 15.5.